The lowest BCUT2D eigenvalue weighted by Crippen LogP contribution is -2.38. The summed E-state index contributed by atoms with van der Waals surface area (Å²) < 4.78 is 15.6. The Labute approximate surface area is 259 Å². The number of nitrogens with one attached hydrogen (secondary N) is 2. The summed E-state index contributed by atoms with van der Waals surface area (Å²) in [6.07, 6.45) is 3.71. The molecule has 2 aromatic carbocycles. The fourth-order valence-corrected chi connectivity index (χ4v) is 6.35. The highest BCUT2D eigenvalue weighted by Gasteiger charge is 2.26. The molecule has 0 saturated carbocycles. The highest BCUT2D eigenvalue weighted by molar-refractivity contribution is 7.10. The van der Waals surface area contributed by atoms with Crippen molar-refractivity contribution >= 4 is 68.6 Å². The fourth-order valence-electron chi connectivity index (χ4n) is 5.12. The van der Waals surface area contributed by atoms with Gasteiger partial charge in [0.1, 0.15) is 23.6 Å². The Kier molecular flexibility index (Phi) is 8.03. The second-order valence-electron chi connectivity index (χ2n) is 9.98. The van der Waals surface area contributed by atoms with E-state index in [0.717, 1.165) is 4.88 Å². The molecule has 0 radical (unpaired) electrons. The van der Waals surface area contributed by atoms with Crippen LogP contribution in [0.15, 0.2) is 60.2 Å². The maximum Gasteiger partial charge on any atom is 0.407 e. The first-order valence-electron chi connectivity index (χ1n) is 13.2. The zero-order valence-electron chi connectivity index (χ0n) is 22.3. The Morgan fingerprint density at radius 2 is 1.95 bits per heavy atom. The smallest absolute Gasteiger partial charge is 0.407 e. The van der Waals surface area contributed by atoms with E-state index in [4.69, 9.17) is 23.2 Å². The summed E-state index contributed by atoms with van der Waals surface area (Å²) in [5.41, 5.74) is 3.03. The molecule has 1 atom stereocenters. The van der Waals surface area contributed by atoms with E-state index in [1.54, 1.807) is 17.4 Å². The van der Waals surface area contributed by atoms with Crippen molar-refractivity contribution in [3.63, 3.8) is 0 Å². The molecule has 1 aliphatic heterocycles. The van der Waals surface area contributed by atoms with Gasteiger partial charge >= 0.3 is 6.09 Å². The third-order valence-corrected chi connectivity index (χ3v) is 8.82. The zero-order valence-corrected chi connectivity index (χ0v) is 24.7. The van der Waals surface area contributed by atoms with Crippen LogP contribution in [0.2, 0.25) is 10.0 Å². The lowest BCUT2D eigenvalue weighted by molar-refractivity contribution is 0.123. The number of nitriles is 1. The monoisotopic (exact) mass is 636 g/mol. The molecule has 10 nitrogen and oxygen atoms in total. The number of thiophene rings is 1. The summed E-state index contributed by atoms with van der Waals surface area (Å²) in [5.74, 6) is -0.552. The highest BCUT2D eigenvalue weighted by Crippen LogP contribution is 2.38. The van der Waals surface area contributed by atoms with Crippen LogP contribution in [0, 0.1) is 17.1 Å². The molecule has 1 fully saturated rings. The van der Waals surface area contributed by atoms with Crippen LogP contribution in [0.5, 0.6) is 0 Å². The highest BCUT2D eigenvalue weighted by atomic mass is 35.5. The molecule has 1 amide bonds. The van der Waals surface area contributed by atoms with Gasteiger partial charge in [-0.05, 0) is 54.6 Å². The van der Waals surface area contributed by atoms with E-state index >= 15 is 0 Å². The van der Waals surface area contributed by atoms with Gasteiger partial charge in [0, 0.05) is 40.9 Å². The van der Waals surface area contributed by atoms with Crippen molar-refractivity contribution in [3.05, 3.63) is 92.2 Å². The predicted molar refractivity (Wildman–Crippen MR) is 164 cm³/mol. The van der Waals surface area contributed by atoms with E-state index in [-0.39, 0.29) is 22.7 Å². The maximum absolute atomic E-state index is 13.8. The number of hydrogen-bond donors (Lipinski definition) is 3. The topological polar surface area (TPSA) is 132 Å². The first-order chi connectivity index (χ1) is 20.8. The SMILES string of the molecule is N#Cc1cnc2c(Cl)cc(NC(c3cn(C4CCN(C(=O)O)CC4)nn3)c3cccs3)cc2c1Nc1ccc(F)c(Cl)c1. The fraction of sp³-hybridized carbons (Fsp3) is 0.207. The number of amides is 1. The molecule has 0 bridgehead atoms. The summed E-state index contributed by atoms with van der Waals surface area (Å²) in [5, 5.41) is 37.6. The molecular weight excluding hydrogens is 614 g/mol. The van der Waals surface area contributed by atoms with Crippen molar-refractivity contribution in [2.75, 3.05) is 23.7 Å². The number of carboxylic acid groups (broad SMARTS) is 1. The van der Waals surface area contributed by atoms with Crippen LogP contribution >= 0.6 is 34.5 Å². The van der Waals surface area contributed by atoms with Gasteiger partial charge in [-0.2, -0.15) is 5.26 Å². The van der Waals surface area contributed by atoms with Gasteiger partial charge in [0.2, 0.25) is 0 Å². The number of rotatable bonds is 7. The third-order valence-electron chi connectivity index (χ3n) is 7.31. The molecule has 4 heterocycles. The number of likely N-dealkylation sites (tertiary alicyclic amines) is 1. The summed E-state index contributed by atoms with van der Waals surface area (Å²) >= 11 is 14.3. The van der Waals surface area contributed by atoms with Crippen molar-refractivity contribution in [3.8, 4) is 6.07 Å². The molecule has 1 saturated heterocycles. The van der Waals surface area contributed by atoms with Crippen molar-refractivity contribution in [1.82, 2.24) is 24.9 Å². The zero-order chi connectivity index (χ0) is 30.1. The number of nitrogens with zero attached hydrogens (tertiary/aromatic N) is 6. The van der Waals surface area contributed by atoms with Crippen molar-refractivity contribution < 1.29 is 14.3 Å². The molecule has 43 heavy (non-hydrogen) atoms. The van der Waals surface area contributed by atoms with E-state index in [2.05, 4.69) is 32.0 Å². The van der Waals surface area contributed by atoms with E-state index in [0.29, 0.717) is 64.6 Å². The van der Waals surface area contributed by atoms with Gasteiger partial charge in [-0.15, -0.1) is 16.4 Å². The van der Waals surface area contributed by atoms with Crippen molar-refractivity contribution in [1.29, 1.82) is 5.26 Å². The minimum Gasteiger partial charge on any atom is -0.465 e. The number of halogens is 3. The van der Waals surface area contributed by atoms with Crippen molar-refractivity contribution in [2.45, 2.75) is 24.9 Å². The normalized spacial score (nSPS) is 14.4. The summed E-state index contributed by atoms with van der Waals surface area (Å²) in [6, 6.07) is 13.6. The lowest BCUT2D eigenvalue weighted by Gasteiger charge is -2.29. The molecule has 0 aliphatic carbocycles. The van der Waals surface area contributed by atoms with Crippen LogP contribution in [-0.2, 0) is 0 Å². The number of anilines is 3. The standard InChI is InChI=1S/C29H23Cl2FN8O2S/c30-21-11-17(3-4-23(21)32)35-26-16(13-33)14-34-27-20(26)10-18(12-22(27)31)36-28(25-2-1-9-43-25)24-15-40(38-37-24)19-5-7-39(8-6-19)29(41)42/h1-4,9-12,14-15,19,28,36H,5-8H2,(H,34,35)(H,41,42). The average molecular weight is 638 g/mol. The van der Waals surface area contributed by atoms with Gasteiger partial charge in [-0.1, -0.05) is 34.5 Å². The molecular formula is C29H23Cl2FN8O2S. The molecule has 5 aromatic rings. The van der Waals surface area contributed by atoms with Crippen LogP contribution in [0.1, 0.15) is 41.1 Å². The minimum atomic E-state index is -0.911. The minimum absolute atomic E-state index is 0.0417. The van der Waals surface area contributed by atoms with E-state index in [9.17, 15) is 19.6 Å². The van der Waals surface area contributed by atoms with Gasteiger partial charge < -0.3 is 20.6 Å². The quantitative estimate of drug-likeness (QED) is 0.168. The van der Waals surface area contributed by atoms with Crippen LogP contribution in [-0.4, -0.2) is 49.2 Å². The summed E-state index contributed by atoms with van der Waals surface area (Å²) in [7, 11) is 0. The average Bonchev–Trinajstić information content (AvgIpc) is 3.72. The van der Waals surface area contributed by atoms with Crippen LogP contribution < -0.4 is 10.6 Å². The Morgan fingerprint density at radius 3 is 2.65 bits per heavy atom. The number of hydrogen-bond acceptors (Lipinski definition) is 8. The molecule has 0 spiro atoms. The van der Waals surface area contributed by atoms with E-state index < -0.39 is 11.9 Å². The number of pyridine rings is 1. The molecule has 6 rings (SSSR count). The predicted octanol–water partition coefficient (Wildman–Crippen LogP) is 7.47. The Balaban J connectivity index is 1.34. The summed E-state index contributed by atoms with van der Waals surface area (Å²) in [6.45, 7) is 0.882. The Hall–Kier alpha value is -4.44. The Bertz CT molecular complexity index is 1850. The summed E-state index contributed by atoms with van der Waals surface area (Å²) in [4.78, 5) is 18.1. The second kappa shape index (κ2) is 12.0. The first-order valence-corrected chi connectivity index (χ1v) is 14.9. The first kappa shape index (κ1) is 28.7. The maximum atomic E-state index is 13.8. The molecule has 3 N–H and O–H groups in total. The van der Waals surface area contributed by atoms with Gasteiger partial charge in [-0.25, -0.2) is 13.9 Å². The van der Waals surface area contributed by atoms with Gasteiger partial charge in [-0.3, -0.25) is 4.98 Å². The van der Waals surface area contributed by atoms with E-state index in [1.807, 2.05) is 34.5 Å². The van der Waals surface area contributed by atoms with Crippen molar-refractivity contribution in [2.24, 2.45) is 0 Å². The number of fused-ring (bicyclic) bond motifs is 1. The molecule has 218 valence electrons. The number of aromatic nitrogens is 4. The van der Waals surface area contributed by atoms with Gasteiger partial charge in [0.15, 0.2) is 0 Å². The molecule has 14 heteroatoms. The molecule has 3 aromatic heterocycles. The molecule has 1 aliphatic rings. The molecule has 1 unspecified atom stereocenters. The number of piperidine rings is 1. The van der Waals surface area contributed by atoms with E-state index in [1.165, 1.54) is 29.3 Å². The van der Waals surface area contributed by atoms with Crippen LogP contribution in [0.3, 0.4) is 0 Å². The number of carbonyl (C=O) groups is 1. The van der Waals surface area contributed by atoms with Gasteiger partial charge in [0.25, 0.3) is 0 Å². The second-order valence-corrected chi connectivity index (χ2v) is 11.8. The van der Waals surface area contributed by atoms with Crippen LogP contribution in [0.4, 0.5) is 26.2 Å². The van der Waals surface area contributed by atoms with Crippen LogP contribution in [0.25, 0.3) is 10.9 Å². The third kappa shape index (κ3) is 5.92. The Morgan fingerprint density at radius 1 is 1.16 bits per heavy atom. The number of benzene rings is 2. The lowest BCUT2D eigenvalue weighted by atomic mass is 10.1. The van der Waals surface area contributed by atoms with Gasteiger partial charge in [0.05, 0.1) is 39.1 Å². The largest absolute Gasteiger partial charge is 0.465 e.